The van der Waals surface area contributed by atoms with Crippen LogP contribution in [-0.4, -0.2) is 35.7 Å². The van der Waals surface area contributed by atoms with Crippen molar-refractivity contribution in [2.24, 2.45) is 0 Å². The molecule has 0 atom stereocenters. The molecule has 1 saturated carbocycles. The third-order valence-corrected chi connectivity index (χ3v) is 2.50. The summed E-state index contributed by atoms with van der Waals surface area (Å²) < 4.78 is 5.44. The highest BCUT2D eigenvalue weighted by molar-refractivity contribution is 5.27. The minimum absolute atomic E-state index is 0.635. The lowest BCUT2D eigenvalue weighted by molar-refractivity contribution is 0.305. The predicted molar refractivity (Wildman–Crippen MR) is 67.3 cm³/mol. The molecule has 0 amide bonds. The van der Waals surface area contributed by atoms with E-state index in [0.717, 1.165) is 25.6 Å². The summed E-state index contributed by atoms with van der Waals surface area (Å²) >= 11 is 0. The van der Waals surface area contributed by atoms with Gasteiger partial charge in [0, 0.05) is 31.4 Å². The molecule has 1 aliphatic rings. The van der Waals surface area contributed by atoms with Crippen LogP contribution in [0.25, 0.3) is 0 Å². The van der Waals surface area contributed by atoms with Crippen LogP contribution >= 0.6 is 0 Å². The molecule has 5 nitrogen and oxygen atoms in total. The number of rotatable bonds is 8. The fraction of sp³-hybridized carbons (Fsp3) is 0.667. The summed E-state index contributed by atoms with van der Waals surface area (Å²) in [6.45, 7) is 4.56. The molecule has 0 aromatic carbocycles. The van der Waals surface area contributed by atoms with Gasteiger partial charge in [0.05, 0.1) is 6.61 Å². The molecule has 1 aliphatic carbocycles. The molecule has 17 heavy (non-hydrogen) atoms. The zero-order valence-corrected chi connectivity index (χ0v) is 10.3. The van der Waals surface area contributed by atoms with Crippen molar-refractivity contribution in [2.75, 3.05) is 25.0 Å². The van der Waals surface area contributed by atoms with Gasteiger partial charge in [-0.2, -0.15) is 4.98 Å². The van der Waals surface area contributed by atoms with Crippen molar-refractivity contribution in [3.05, 3.63) is 12.3 Å². The molecule has 1 fully saturated rings. The van der Waals surface area contributed by atoms with Crippen LogP contribution in [0.4, 0.5) is 5.95 Å². The number of aromatic nitrogens is 2. The van der Waals surface area contributed by atoms with Gasteiger partial charge in [0.1, 0.15) is 0 Å². The fourth-order valence-corrected chi connectivity index (χ4v) is 1.45. The van der Waals surface area contributed by atoms with Crippen LogP contribution in [0.1, 0.15) is 26.2 Å². The van der Waals surface area contributed by atoms with E-state index in [1.807, 2.05) is 0 Å². The SMILES string of the molecule is CCCOc1ccnc(NCCNC2CC2)n1. The van der Waals surface area contributed by atoms with Gasteiger partial charge in [-0.05, 0) is 19.3 Å². The van der Waals surface area contributed by atoms with Crippen LogP contribution in [-0.2, 0) is 0 Å². The van der Waals surface area contributed by atoms with Crippen LogP contribution < -0.4 is 15.4 Å². The van der Waals surface area contributed by atoms with Gasteiger partial charge in [0.15, 0.2) is 0 Å². The Morgan fingerprint density at radius 3 is 3.06 bits per heavy atom. The first-order valence-electron chi connectivity index (χ1n) is 6.31. The van der Waals surface area contributed by atoms with E-state index in [9.17, 15) is 0 Å². The zero-order chi connectivity index (χ0) is 11.9. The second-order valence-corrected chi connectivity index (χ2v) is 4.22. The first-order chi connectivity index (χ1) is 8.38. The van der Waals surface area contributed by atoms with Crippen LogP contribution in [0.2, 0.25) is 0 Å². The zero-order valence-electron chi connectivity index (χ0n) is 10.3. The average molecular weight is 236 g/mol. The minimum atomic E-state index is 0.635. The Bertz CT molecular complexity index is 341. The van der Waals surface area contributed by atoms with E-state index < -0.39 is 0 Å². The van der Waals surface area contributed by atoms with Crippen LogP contribution in [0, 0.1) is 0 Å². The maximum Gasteiger partial charge on any atom is 0.225 e. The topological polar surface area (TPSA) is 59.1 Å². The van der Waals surface area contributed by atoms with E-state index in [2.05, 4.69) is 27.5 Å². The summed E-state index contributed by atoms with van der Waals surface area (Å²) in [5.74, 6) is 1.27. The molecule has 0 radical (unpaired) electrons. The third kappa shape index (κ3) is 4.56. The molecule has 0 saturated heterocycles. The largest absolute Gasteiger partial charge is 0.478 e. The normalized spacial score (nSPS) is 14.6. The molecule has 0 bridgehead atoms. The number of anilines is 1. The molecule has 0 unspecified atom stereocenters. The van der Waals surface area contributed by atoms with E-state index in [-0.39, 0.29) is 0 Å². The van der Waals surface area contributed by atoms with E-state index in [0.29, 0.717) is 18.4 Å². The van der Waals surface area contributed by atoms with E-state index in [1.54, 1.807) is 12.3 Å². The van der Waals surface area contributed by atoms with Gasteiger partial charge < -0.3 is 15.4 Å². The molecule has 1 aromatic rings. The minimum Gasteiger partial charge on any atom is -0.478 e. The summed E-state index contributed by atoms with van der Waals surface area (Å²) in [6.07, 6.45) is 5.33. The Morgan fingerprint density at radius 2 is 2.29 bits per heavy atom. The lowest BCUT2D eigenvalue weighted by Gasteiger charge is -2.07. The Labute approximate surface area is 102 Å². The monoisotopic (exact) mass is 236 g/mol. The molecule has 1 heterocycles. The Morgan fingerprint density at radius 1 is 1.41 bits per heavy atom. The maximum absolute atomic E-state index is 5.44. The number of hydrogen-bond acceptors (Lipinski definition) is 5. The smallest absolute Gasteiger partial charge is 0.225 e. The molecule has 1 aromatic heterocycles. The quantitative estimate of drug-likeness (QED) is 0.669. The van der Waals surface area contributed by atoms with Crippen molar-refractivity contribution in [1.82, 2.24) is 15.3 Å². The maximum atomic E-state index is 5.44. The lowest BCUT2D eigenvalue weighted by atomic mass is 10.5. The number of hydrogen-bond donors (Lipinski definition) is 2. The van der Waals surface area contributed by atoms with Gasteiger partial charge in [-0.3, -0.25) is 0 Å². The predicted octanol–water partition coefficient (Wildman–Crippen LogP) is 1.43. The van der Waals surface area contributed by atoms with Crippen LogP contribution in [0.5, 0.6) is 5.88 Å². The highest BCUT2D eigenvalue weighted by Crippen LogP contribution is 2.17. The van der Waals surface area contributed by atoms with Crippen molar-refractivity contribution < 1.29 is 4.74 Å². The Hall–Kier alpha value is -1.36. The molecular formula is C12H20N4O. The Kier molecular flexibility index (Phi) is 4.55. The van der Waals surface area contributed by atoms with Crippen molar-refractivity contribution >= 4 is 5.95 Å². The molecule has 5 heteroatoms. The van der Waals surface area contributed by atoms with E-state index in [4.69, 9.17) is 4.74 Å². The van der Waals surface area contributed by atoms with Crippen molar-refractivity contribution in [3.8, 4) is 5.88 Å². The summed E-state index contributed by atoms with van der Waals surface area (Å²) in [5, 5.41) is 6.61. The molecular weight excluding hydrogens is 216 g/mol. The summed E-state index contributed by atoms with van der Waals surface area (Å²) in [6, 6.07) is 2.53. The highest BCUT2D eigenvalue weighted by atomic mass is 16.5. The van der Waals surface area contributed by atoms with Crippen molar-refractivity contribution in [3.63, 3.8) is 0 Å². The molecule has 2 rings (SSSR count). The lowest BCUT2D eigenvalue weighted by Crippen LogP contribution is -2.24. The fourth-order valence-electron chi connectivity index (χ4n) is 1.45. The molecule has 2 N–H and O–H groups in total. The van der Waals surface area contributed by atoms with Crippen molar-refractivity contribution in [2.45, 2.75) is 32.2 Å². The Balaban J connectivity index is 1.70. The van der Waals surface area contributed by atoms with E-state index in [1.165, 1.54) is 12.8 Å². The van der Waals surface area contributed by atoms with Gasteiger partial charge in [0.25, 0.3) is 0 Å². The standard InChI is InChI=1S/C12H20N4O/c1-2-9-17-11-5-6-14-12(16-11)15-8-7-13-10-3-4-10/h5-6,10,13H,2-4,7-9H2,1H3,(H,14,15,16). The number of nitrogens with zero attached hydrogens (tertiary/aromatic N) is 2. The summed E-state index contributed by atoms with van der Waals surface area (Å²) in [5.41, 5.74) is 0. The molecule has 0 aliphatic heterocycles. The van der Waals surface area contributed by atoms with Crippen LogP contribution in [0.3, 0.4) is 0 Å². The van der Waals surface area contributed by atoms with Gasteiger partial charge in [0.2, 0.25) is 11.8 Å². The van der Waals surface area contributed by atoms with Gasteiger partial charge in [-0.1, -0.05) is 6.92 Å². The van der Waals surface area contributed by atoms with Gasteiger partial charge in [-0.15, -0.1) is 0 Å². The summed E-state index contributed by atoms with van der Waals surface area (Å²) in [4.78, 5) is 8.42. The average Bonchev–Trinajstić information content (AvgIpc) is 3.17. The van der Waals surface area contributed by atoms with Crippen molar-refractivity contribution in [1.29, 1.82) is 0 Å². The third-order valence-electron chi connectivity index (χ3n) is 2.50. The second-order valence-electron chi connectivity index (χ2n) is 4.22. The molecule has 0 spiro atoms. The van der Waals surface area contributed by atoms with E-state index >= 15 is 0 Å². The highest BCUT2D eigenvalue weighted by Gasteiger charge is 2.19. The number of nitrogens with one attached hydrogen (secondary N) is 2. The first kappa shape index (κ1) is 12.1. The van der Waals surface area contributed by atoms with Crippen LogP contribution in [0.15, 0.2) is 12.3 Å². The molecule has 94 valence electrons. The van der Waals surface area contributed by atoms with Gasteiger partial charge in [-0.25, -0.2) is 4.98 Å². The first-order valence-corrected chi connectivity index (χ1v) is 6.31. The second kappa shape index (κ2) is 6.39. The summed E-state index contributed by atoms with van der Waals surface area (Å²) in [7, 11) is 0. The number of ether oxygens (including phenoxy) is 1. The van der Waals surface area contributed by atoms with Gasteiger partial charge >= 0.3 is 0 Å².